The number of halogens is 2. The van der Waals surface area contributed by atoms with Crippen LogP contribution < -0.4 is 5.73 Å². The number of rotatable bonds is 3. The van der Waals surface area contributed by atoms with Gasteiger partial charge in [0.2, 0.25) is 0 Å². The van der Waals surface area contributed by atoms with Gasteiger partial charge in [-0.25, -0.2) is 0 Å². The molecule has 2 aromatic rings. The van der Waals surface area contributed by atoms with Crippen molar-refractivity contribution in [1.82, 2.24) is 4.98 Å². The van der Waals surface area contributed by atoms with Crippen LogP contribution >= 0.6 is 24.8 Å². The Balaban J connectivity index is 0.00000162. The van der Waals surface area contributed by atoms with E-state index in [2.05, 4.69) is 9.72 Å². The summed E-state index contributed by atoms with van der Waals surface area (Å²) >= 11 is 0. The highest BCUT2D eigenvalue weighted by Gasteiger charge is 2.14. The number of nitrogens with zero attached hydrogens (tertiary/aromatic N) is 1. The van der Waals surface area contributed by atoms with Gasteiger partial charge in [-0.3, -0.25) is 9.78 Å². The lowest BCUT2D eigenvalue weighted by Gasteiger charge is -2.09. The third kappa shape index (κ3) is 4.35. The summed E-state index contributed by atoms with van der Waals surface area (Å²) in [7, 11) is 1.33. The van der Waals surface area contributed by atoms with E-state index >= 15 is 0 Å². The van der Waals surface area contributed by atoms with E-state index in [-0.39, 0.29) is 24.8 Å². The van der Waals surface area contributed by atoms with E-state index in [9.17, 15) is 4.79 Å². The van der Waals surface area contributed by atoms with Crippen LogP contribution in [-0.2, 0) is 16.0 Å². The maximum atomic E-state index is 11.2. The van der Waals surface area contributed by atoms with Crippen LogP contribution in [0.25, 0.3) is 10.9 Å². The topological polar surface area (TPSA) is 65.2 Å². The predicted molar refractivity (Wildman–Crippen MR) is 79.9 cm³/mol. The summed E-state index contributed by atoms with van der Waals surface area (Å²) in [6.45, 7) is 0. The second kappa shape index (κ2) is 7.94. The number of ether oxygens (including phenoxy) is 1. The predicted octanol–water partition coefficient (Wildman–Crippen LogP) is 2.12. The Morgan fingerprint density at radius 1 is 1.37 bits per heavy atom. The van der Waals surface area contributed by atoms with Gasteiger partial charge in [0.25, 0.3) is 0 Å². The summed E-state index contributed by atoms with van der Waals surface area (Å²) in [4.78, 5) is 15.5. The minimum atomic E-state index is -0.636. The van der Waals surface area contributed by atoms with Crippen molar-refractivity contribution < 1.29 is 9.53 Å². The molecule has 0 saturated heterocycles. The molecule has 0 aliphatic heterocycles. The van der Waals surface area contributed by atoms with Gasteiger partial charge in [-0.2, -0.15) is 0 Å². The fraction of sp³-hybridized carbons (Fsp3) is 0.231. The van der Waals surface area contributed by atoms with Gasteiger partial charge in [-0.1, -0.05) is 18.2 Å². The van der Waals surface area contributed by atoms with Crippen LogP contribution in [0.1, 0.15) is 5.56 Å². The van der Waals surface area contributed by atoms with E-state index in [1.807, 2.05) is 30.3 Å². The van der Waals surface area contributed by atoms with Crippen molar-refractivity contribution in [3.05, 3.63) is 42.1 Å². The Morgan fingerprint density at radius 3 is 2.74 bits per heavy atom. The summed E-state index contributed by atoms with van der Waals surface area (Å²) in [6, 6.07) is 9.17. The van der Waals surface area contributed by atoms with E-state index in [0.717, 1.165) is 16.5 Å². The molecule has 19 heavy (non-hydrogen) atoms. The Kier molecular flexibility index (Phi) is 7.37. The molecule has 4 nitrogen and oxygen atoms in total. The first-order valence-corrected chi connectivity index (χ1v) is 5.38. The minimum Gasteiger partial charge on any atom is -0.468 e. The van der Waals surface area contributed by atoms with Crippen LogP contribution in [0.2, 0.25) is 0 Å². The van der Waals surface area contributed by atoms with Crippen molar-refractivity contribution in [2.45, 2.75) is 12.5 Å². The summed E-state index contributed by atoms with van der Waals surface area (Å²) in [5, 5.41) is 1.04. The molecule has 1 aromatic heterocycles. The van der Waals surface area contributed by atoms with Gasteiger partial charge in [-0.15, -0.1) is 24.8 Å². The van der Waals surface area contributed by atoms with Crippen molar-refractivity contribution in [3.8, 4) is 0 Å². The molecule has 0 spiro atoms. The van der Waals surface area contributed by atoms with E-state index in [4.69, 9.17) is 5.73 Å². The molecule has 0 aliphatic carbocycles. The molecule has 0 fully saturated rings. The van der Waals surface area contributed by atoms with Gasteiger partial charge in [0.05, 0.1) is 12.6 Å². The molecule has 6 heteroatoms. The van der Waals surface area contributed by atoms with Gasteiger partial charge in [0.15, 0.2) is 0 Å². The zero-order valence-corrected chi connectivity index (χ0v) is 12.0. The summed E-state index contributed by atoms with van der Waals surface area (Å²) in [5.74, 6) is -0.404. The fourth-order valence-corrected chi connectivity index (χ4v) is 1.72. The van der Waals surface area contributed by atoms with Crippen molar-refractivity contribution in [3.63, 3.8) is 0 Å². The lowest BCUT2D eigenvalue weighted by Crippen LogP contribution is -2.33. The second-order valence-electron chi connectivity index (χ2n) is 3.87. The molecular formula is C13H16Cl2N2O2. The molecule has 2 N–H and O–H groups in total. The number of hydrogen-bond donors (Lipinski definition) is 1. The number of carbonyl (C=O) groups is 1. The van der Waals surface area contributed by atoms with Crippen LogP contribution in [-0.4, -0.2) is 24.1 Å². The average molecular weight is 303 g/mol. The number of fused-ring (bicyclic) bond motifs is 1. The lowest BCUT2D eigenvalue weighted by atomic mass is 10.1. The normalized spacial score (nSPS) is 11.1. The molecule has 0 amide bonds. The van der Waals surface area contributed by atoms with E-state index in [1.54, 1.807) is 6.20 Å². The molecule has 1 atom stereocenters. The van der Waals surface area contributed by atoms with Gasteiger partial charge in [0.1, 0.15) is 6.04 Å². The number of para-hydroxylation sites is 1. The molecule has 0 radical (unpaired) electrons. The smallest absolute Gasteiger partial charge is 0.322 e. The Bertz CT molecular complexity index is 549. The number of nitrogens with two attached hydrogens (primary N) is 1. The number of hydrogen-bond acceptors (Lipinski definition) is 4. The van der Waals surface area contributed by atoms with Crippen LogP contribution in [0.15, 0.2) is 36.5 Å². The molecule has 0 aliphatic rings. The molecule has 1 heterocycles. The molecule has 0 bridgehead atoms. The number of benzene rings is 1. The number of esters is 1. The third-order valence-corrected chi connectivity index (χ3v) is 2.61. The monoisotopic (exact) mass is 302 g/mol. The van der Waals surface area contributed by atoms with Crippen LogP contribution in [0, 0.1) is 0 Å². The number of carbonyl (C=O) groups excluding carboxylic acids is 1. The number of aromatic nitrogens is 1. The summed E-state index contributed by atoms with van der Waals surface area (Å²) in [5.41, 5.74) is 7.57. The third-order valence-electron chi connectivity index (χ3n) is 2.61. The Hall–Kier alpha value is -1.36. The number of methoxy groups -OCH3 is 1. The summed E-state index contributed by atoms with van der Waals surface area (Å²) < 4.78 is 4.59. The average Bonchev–Trinajstić information content (AvgIpc) is 2.37. The standard InChI is InChI=1S/C13H14N2O2.2ClH/c1-17-13(16)11(14)7-9-6-10-4-2-3-5-12(10)15-8-9;;/h2-6,8,11H,7,14H2,1H3;2*1H/t11-;;/m0../s1. The van der Waals surface area contributed by atoms with Crippen molar-refractivity contribution in [2.24, 2.45) is 5.73 Å². The lowest BCUT2D eigenvalue weighted by molar-refractivity contribution is -0.142. The first kappa shape index (κ1) is 17.6. The van der Waals surface area contributed by atoms with E-state index < -0.39 is 12.0 Å². The first-order valence-electron chi connectivity index (χ1n) is 5.38. The van der Waals surface area contributed by atoms with Crippen LogP contribution in [0.3, 0.4) is 0 Å². The molecular weight excluding hydrogens is 287 g/mol. The van der Waals surface area contributed by atoms with E-state index in [0.29, 0.717) is 6.42 Å². The van der Waals surface area contributed by atoms with Crippen LogP contribution in [0.5, 0.6) is 0 Å². The highest BCUT2D eigenvalue weighted by atomic mass is 35.5. The molecule has 1 aromatic carbocycles. The SMILES string of the molecule is COC(=O)[C@@H](N)Cc1cnc2ccccc2c1.Cl.Cl. The highest BCUT2D eigenvalue weighted by Crippen LogP contribution is 2.13. The Labute approximate surface area is 124 Å². The second-order valence-corrected chi connectivity index (χ2v) is 3.87. The zero-order chi connectivity index (χ0) is 12.3. The molecule has 2 rings (SSSR count). The maximum Gasteiger partial charge on any atom is 0.322 e. The highest BCUT2D eigenvalue weighted by molar-refractivity contribution is 5.85. The molecule has 0 unspecified atom stereocenters. The zero-order valence-electron chi connectivity index (χ0n) is 10.4. The quantitative estimate of drug-likeness (QED) is 0.882. The van der Waals surface area contributed by atoms with Gasteiger partial charge < -0.3 is 10.5 Å². The molecule has 104 valence electrons. The Morgan fingerprint density at radius 2 is 2.05 bits per heavy atom. The van der Waals surface area contributed by atoms with Gasteiger partial charge in [-0.05, 0) is 24.1 Å². The van der Waals surface area contributed by atoms with Crippen molar-refractivity contribution in [2.75, 3.05) is 7.11 Å². The van der Waals surface area contributed by atoms with Crippen LogP contribution in [0.4, 0.5) is 0 Å². The van der Waals surface area contributed by atoms with E-state index in [1.165, 1.54) is 7.11 Å². The van der Waals surface area contributed by atoms with Crippen molar-refractivity contribution in [1.29, 1.82) is 0 Å². The first-order chi connectivity index (χ1) is 8.20. The van der Waals surface area contributed by atoms with Gasteiger partial charge in [0, 0.05) is 11.6 Å². The summed E-state index contributed by atoms with van der Waals surface area (Å²) in [6.07, 6.45) is 2.18. The number of pyridine rings is 1. The van der Waals surface area contributed by atoms with Crippen molar-refractivity contribution >= 4 is 41.7 Å². The minimum absolute atomic E-state index is 0. The fourth-order valence-electron chi connectivity index (χ4n) is 1.72. The van der Waals surface area contributed by atoms with Gasteiger partial charge >= 0.3 is 5.97 Å². The maximum absolute atomic E-state index is 11.2. The molecule has 0 saturated carbocycles. The largest absolute Gasteiger partial charge is 0.468 e.